The van der Waals surface area contributed by atoms with Crippen LogP contribution in [0.2, 0.25) is 10.0 Å². The first-order valence-corrected chi connectivity index (χ1v) is 12.9. The molecule has 1 saturated heterocycles. The molecule has 1 aliphatic rings. The van der Waals surface area contributed by atoms with Crippen LogP contribution in [0.1, 0.15) is 17.5 Å². The minimum absolute atomic E-state index is 0.0725. The van der Waals surface area contributed by atoms with Gasteiger partial charge in [-0.25, -0.2) is 8.42 Å². The van der Waals surface area contributed by atoms with Gasteiger partial charge in [0.1, 0.15) is 0 Å². The van der Waals surface area contributed by atoms with Crippen molar-refractivity contribution >= 4 is 44.8 Å². The molecule has 1 amide bonds. The van der Waals surface area contributed by atoms with E-state index in [9.17, 15) is 13.2 Å². The van der Waals surface area contributed by atoms with Gasteiger partial charge >= 0.3 is 0 Å². The monoisotopic (exact) mass is 499 g/mol. The fourth-order valence-electron chi connectivity index (χ4n) is 3.52. The van der Waals surface area contributed by atoms with E-state index in [4.69, 9.17) is 27.9 Å². The predicted molar refractivity (Wildman–Crippen MR) is 128 cm³/mol. The van der Waals surface area contributed by atoms with Crippen molar-refractivity contribution in [2.45, 2.75) is 25.5 Å². The van der Waals surface area contributed by atoms with Gasteiger partial charge in [0.05, 0.1) is 29.0 Å². The number of sulfonamides is 1. The largest absolute Gasteiger partial charge is 0.374 e. The molecular formula is C22H27Cl2N3O4S. The molecule has 1 aliphatic heterocycles. The molecule has 32 heavy (non-hydrogen) atoms. The van der Waals surface area contributed by atoms with E-state index in [2.05, 4.69) is 14.9 Å². The number of hydrogen-bond acceptors (Lipinski definition) is 5. The van der Waals surface area contributed by atoms with Gasteiger partial charge in [0.15, 0.2) is 0 Å². The van der Waals surface area contributed by atoms with Crippen molar-refractivity contribution in [2.75, 3.05) is 37.2 Å². The maximum absolute atomic E-state index is 12.3. The van der Waals surface area contributed by atoms with E-state index in [1.54, 1.807) is 24.3 Å². The van der Waals surface area contributed by atoms with E-state index in [1.807, 2.05) is 18.2 Å². The summed E-state index contributed by atoms with van der Waals surface area (Å²) in [6.45, 7) is 3.29. The lowest BCUT2D eigenvalue weighted by Gasteiger charge is -2.33. The van der Waals surface area contributed by atoms with Gasteiger partial charge in [0.25, 0.3) is 0 Å². The second-order valence-electron chi connectivity index (χ2n) is 7.86. The van der Waals surface area contributed by atoms with E-state index < -0.39 is 10.0 Å². The zero-order valence-corrected chi connectivity index (χ0v) is 20.1. The summed E-state index contributed by atoms with van der Waals surface area (Å²) < 4.78 is 31.0. The second-order valence-corrected chi connectivity index (χ2v) is 10.4. The number of amides is 1. The number of ether oxygens (including phenoxy) is 1. The summed E-state index contributed by atoms with van der Waals surface area (Å²) in [4.78, 5) is 14.6. The van der Waals surface area contributed by atoms with Crippen molar-refractivity contribution in [3.8, 4) is 0 Å². The Labute approximate surface area is 199 Å². The van der Waals surface area contributed by atoms with Crippen molar-refractivity contribution in [1.29, 1.82) is 0 Å². The Hall–Kier alpha value is -1.84. The summed E-state index contributed by atoms with van der Waals surface area (Å²) in [6.07, 6.45) is 1.84. The van der Waals surface area contributed by atoms with Gasteiger partial charge in [0.2, 0.25) is 15.9 Å². The van der Waals surface area contributed by atoms with Crippen LogP contribution in [0.25, 0.3) is 0 Å². The number of aryl methyl sites for hydroxylation is 1. The number of nitrogens with one attached hydrogen (secondary N) is 2. The van der Waals surface area contributed by atoms with E-state index in [0.29, 0.717) is 48.3 Å². The highest BCUT2D eigenvalue weighted by molar-refractivity contribution is 7.92. The van der Waals surface area contributed by atoms with Gasteiger partial charge in [-0.3, -0.25) is 14.4 Å². The van der Waals surface area contributed by atoms with Gasteiger partial charge in [-0.2, -0.15) is 0 Å². The third-order valence-electron chi connectivity index (χ3n) is 5.01. The molecule has 2 N–H and O–H groups in total. The van der Waals surface area contributed by atoms with E-state index in [0.717, 1.165) is 30.5 Å². The van der Waals surface area contributed by atoms with Crippen molar-refractivity contribution in [3.63, 3.8) is 0 Å². The third kappa shape index (κ3) is 8.26. The van der Waals surface area contributed by atoms with Crippen LogP contribution in [0.4, 0.5) is 5.69 Å². The van der Waals surface area contributed by atoms with Gasteiger partial charge in [-0.1, -0.05) is 41.4 Å². The van der Waals surface area contributed by atoms with Gasteiger partial charge in [-0.15, -0.1) is 0 Å². The minimum Gasteiger partial charge on any atom is -0.374 e. The van der Waals surface area contributed by atoms with Crippen LogP contribution < -0.4 is 10.0 Å². The SMILES string of the molecule is CS(=O)(=O)Nc1cccc(CCC(=O)NC[C@H]2CN(Cc3ccc(Cl)c(Cl)c3)CCO2)c1. The molecule has 0 unspecified atom stereocenters. The molecule has 2 aromatic carbocycles. The van der Waals surface area contributed by atoms with Crippen LogP contribution in [0.15, 0.2) is 42.5 Å². The molecule has 1 fully saturated rings. The maximum Gasteiger partial charge on any atom is 0.229 e. The molecule has 7 nitrogen and oxygen atoms in total. The van der Waals surface area contributed by atoms with Gasteiger partial charge in [-0.05, 0) is 41.8 Å². The highest BCUT2D eigenvalue weighted by Gasteiger charge is 2.21. The molecule has 174 valence electrons. The number of halogens is 2. The Morgan fingerprint density at radius 3 is 2.72 bits per heavy atom. The minimum atomic E-state index is -3.33. The molecule has 0 aliphatic carbocycles. The quantitative estimate of drug-likeness (QED) is 0.552. The molecule has 0 saturated carbocycles. The fourth-order valence-corrected chi connectivity index (χ4v) is 4.40. The highest BCUT2D eigenvalue weighted by atomic mass is 35.5. The molecule has 2 aromatic rings. The first kappa shape index (κ1) is 24.8. The number of anilines is 1. The average molecular weight is 500 g/mol. The molecule has 10 heteroatoms. The number of carbonyl (C=O) groups is 1. The average Bonchev–Trinajstić information content (AvgIpc) is 2.73. The lowest BCUT2D eigenvalue weighted by Crippen LogP contribution is -2.47. The fraction of sp³-hybridized carbons (Fsp3) is 0.409. The molecule has 3 rings (SSSR count). The van der Waals surface area contributed by atoms with Crippen LogP contribution in [0.5, 0.6) is 0 Å². The van der Waals surface area contributed by atoms with Crippen LogP contribution >= 0.6 is 23.2 Å². The number of morpholine rings is 1. The second kappa shape index (κ2) is 11.3. The third-order valence-corrected chi connectivity index (χ3v) is 6.36. The lowest BCUT2D eigenvalue weighted by atomic mass is 10.1. The number of nitrogens with zero attached hydrogens (tertiary/aromatic N) is 1. The van der Waals surface area contributed by atoms with E-state index in [1.165, 1.54) is 0 Å². The summed E-state index contributed by atoms with van der Waals surface area (Å²) in [7, 11) is -3.33. The van der Waals surface area contributed by atoms with Crippen molar-refractivity contribution < 1.29 is 17.9 Å². The summed E-state index contributed by atoms with van der Waals surface area (Å²) in [5, 5.41) is 4.01. The van der Waals surface area contributed by atoms with Crippen LogP contribution in [0, 0.1) is 0 Å². The zero-order chi connectivity index (χ0) is 23.1. The standard InChI is InChI=1S/C22H27Cl2N3O4S/c1-32(29,30)26-18-4-2-3-16(11-18)6-8-22(28)25-13-19-15-27(9-10-31-19)14-17-5-7-20(23)21(24)12-17/h2-5,7,11-12,19,26H,6,8-10,13-15H2,1H3,(H,25,28)/t19-/m0/s1. The van der Waals surface area contributed by atoms with Gasteiger partial charge in [0, 0.05) is 38.3 Å². The molecule has 1 heterocycles. The van der Waals surface area contributed by atoms with E-state index in [-0.39, 0.29) is 12.0 Å². The van der Waals surface area contributed by atoms with Gasteiger partial charge < -0.3 is 10.1 Å². The number of hydrogen-bond donors (Lipinski definition) is 2. The first-order chi connectivity index (χ1) is 15.2. The molecule has 0 spiro atoms. The smallest absolute Gasteiger partial charge is 0.229 e. The molecule has 1 atom stereocenters. The Balaban J connectivity index is 1.42. The highest BCUT2D eigenvalue weighted by Crippen LogP contribution is 2.23. The Kier molecular flexibility index (Phi) is 8.79. The molecular weight excluding hydrogens is 473 g/mol. The molecule has 0 bridgehead atoms. The zero-order valence-electron chi connectivity index (χ0n) is 17.8. The molecule has 0 aromatic heterocycles. The Morgan fingerprint density at radius 2 is 1.97 bits per heavy atom. The van der Waals surface area contributed by atoms with Crippen molar-refractivity contribution in [1.82, 2.24) is 10.2 Å². The predicted octanol–water partition coefficient (Wildman–Crippen LogP) is 3.31. The number of benzene rings is 2. The van der Waals surface area contributed by atoms with Crippen LogP contribution in [0.3, 0.4) is 0 Å². The van der Waals surface area contributed by atoms with E-state index >= 15 is 0 Å². The summed E-state index contributed by atoms with van der Waals surface area (Å²) in [5.41, 5.74) is 2.45. The summed E-state index contributed by atoms with van der Waals surface area (Å²) in [6, 6.07) is 12.7. The summed E-state index contributed by atoms with van der Waals surface area (Å²) in [5.74, 6) is -0.0725. The van der Waals surface area contributed by atoms with Crippen molar-refractivity contribution in [2.24, 2.45) is 0 Å². The van der Waals surface area contributed by atoms with Crippen LogP contribution in [-0.2, 0) is 32.5 Å². The Bertz CT molecular complexity index is 1050. The maximum atomic E-state index is 12.3. The Morgan fingerprint density at radius 1 is 1.16 bits per heavy atom. The normalized spacial score (nSPS) is 17.2. The number of rotatable bonds is 9. The topological polar surface area (TPSA) is 87.7 Å². The van der Waals surface area contributed by atoms with Crippen LogP contribution in [-0.4, -0.2) is 57.8 Å². The lowest BCUT2D eigenvalue weighted by molar-refractivity contribution is -0.122. The molecule has 0 radical (unpaired) electrons. The van der Waals surface area contributed by atoms with Crippen molar-refractivity contribution in [3.05, 3.63) is 63.6 Å². The number of carbonyl (C=O) groups excluding carboxylic acids is 1. The summed E-state index contributed by atoms with van der Waals surface area (Å²) >= 11 is 12.1. The first-order valence-electron chi connectivity index (χ1n) is 10.3.